The van der Waals surface area contributed by atoms with Gasteiger partial charge in [0.05, 0.1) is 29.6 Å². The van der Waals surface area contributed by atoms with Crippen molar-refractivity contribution in [2.24, 2.45) is 5.92 Å². The predicted octanol–water partition coefficient (Wildman–Crippen LogP) is 2.10. The lowest BCUT2D eigenvalue weighted by Gasteiger charge is -2.31. The Hall–Kier alpha value is -1.43. The van der Waals surface area contributed by atoms with E-state index in [4.69, 9.17) is 4.74 Å². The van der Waals surface area contributed by atoms with Gasteiger partial charge in [0.2, 0.25) is 5.91 Å². The van der Waals surface area contributed by atoms with E-state index in [9.17, 15) is 9.59 Å². The van der Waals surface area contributed by atoms with Crippen molar-refractivity contribution in [3.8, 4) is 0 Å². The summed E-state index contributed by atoms with van der Waals surface area (Å²) in [6.07, 6.45) is 2.05. The van der Waals surface area contributed by atoms with Gasteiger partial charge in [0.1, 0.15) is 0 Å². The third kappa shape index (κ3) is 4.03. The second kappa shape index (κ2) is 7.02. The molecule has 1 fully saturated rings. The highest BCUT2D eigenvalue weighted by Crippen LogP contribution is 2.22. The molecule has 0 spiro atoms. The number of carbonyl (C=O) groups is 2. The fourth-order valence-electron chi connectivity index (χ4n) is 2.64. The summed E-state index contributed by atoms with van der Waals surface area (Å²) in [6.45, 7) is 7.29. The van der Waals surface area contributed by atoms with E-state index in [0.717, 1.165) is 35.0 Å². The van der Waals surface area contributed by atoms with E-state index in [0.29, 0.717) is 19.6 Å². The normalized spacial score (nSPS) is 18.6. The smallest absolute Gasteiger partial charge is 0.310 e. The molecule has 1 amide bonds. The fourth-order valence-corrected chi connectivity index (χ4v) is 3.57. The predicted molar refractivity (Wildman–Crippen MR) is 81.2 cm³/mol. The summed E-state index contributed by atoms with van der Waals surface area (Å²) in [6, 6.07) is 0. The number of hydrogen-bond acceptors (Lipinski definition) is 5. The van der Waals surface area contributed by atoms with Gasteiger partial charge in [-0.05, 0) is 33.6 Å². The summed E-state index contributed by atoms with van der Waals surface area (Å²) in [5.41, 5.74) is 0.935. The van der Waals surface area contributed by atoms with Crippen molar-refractivity contribution < 1.29 is 14.3 Å². The van der Waals surface area contributed by atoms with Crippen molar-refractivity contribution in [1.82, 2.24) is 9.88 Å². The molecule has 1 aliphatic rings. The summed E-state index contributed by atoms with van der Waals surface area (Å²) in [4.78, 5) is 31.4. The average Bonchev–Trinajstić information content (AvgIpc) is 2.77. The zero-order valence-electron chi connectivity index (χ0n) is 12.8. The summed E-state index contributed by atoms with van der Waals surface area (Å²) < 4.78 is 5.07. The summed E-state index contributed by atoms with van der Waals surface area (Å²) in [5.74, 6) is -0.275. The van der Waals surface area contributed by atoms with Gasteiger partial charge >= 0.3 is 5.97 Å². The van der Waals surface area contributed by atoms with Gasteiger partial charge in [0.25, 0.3) is 0 Å². The summed E-state index contributed by atoms with van der Waals surface area (Å²) in [5, 5.41) is 0.985. The van der Waals surface area contributed by atoms with Crippen molar-refractivity contribution in [3.63, 3.8) is 0 Å². The van der Waals surface area contributed by atoms with Crippen LogP contribution < -0.4 is 0 Å². The largest absolute Gasteiger partial charge is 0.466 e. The van der Waals surface area contributed by atoms with Crippen LogP contribution in [0.25, 0.3) is 0 Å². The molecule has 0 saturated carbocycles. The summed E-state index contributed by atoms with van der Waals surface area (Å²) >= 11 is 1.57. The number of nitrogens with zero attached hydrogens (tertiary/aromatic N) is 2. The molecule has 0 aliphatic carbocycles. The highest BCUT2D eigenvalue weighted by Gasteiger charge is 2.29. The van der Waals surface area contributed by atoms with Crippen LogP contribution in [0.3, 0.4) is 0 Å². The molecule has 6 heteroatoms. The molecule has 2 heterocycles. The highest BCUT2D eigenvalue weighted by atomic mass is 32.1. The van der Waals surface area contributed by atoms with E-state index in [2.05, 4.69) is 4.98 Å². The maximum Gasteiger partial charge on any atom is 0.310 e. The Morgan fingerprint density at radius 1 is 1.43 bits per heavy atom. The van der Waals surface area contributed by atoms with Crippen LogP contribution in [0.4, 0.5) is 0 Å². The molecule has 1 saturated heterocycles. The van der Waals surface area contributed by atoms with Crippen LogP contribution in [-0.2, 0) is 20.7 Å². The van der Waals surface area contributed by atoms with Crippen LogP contribution >= 0.6 is 11.3 Å². The average molecular weight is 310 g/mol. The topological polar surface area (TPSA) is 59.5 Å². The Kier molecular flexibility index (Phi) is 5.33. The maximum absolute atomic E-state index is 12.4. The Morgan fingerprint density at radius 2 is 2.19 bits per heavy atom. The maximum atomic E-state index is 12.4. The minimum Gasteiger partial charge on any atom is -0.466 e. The van der Waals surface area contributed by atoms with Crippen LogP contribution in [0, 0.1) is 19.8 Å². The molecule has 2 rings (SSSR count). The second-order valence-electron chi connectivity index (χ2n) is 5.35. The highest BCUT2D eigenvalue weighted by molar-refractivity contribution is 7.11. The Morgan fingerprint density at radius 3 is 2.81 bits per heavy atom. The van der Waals surface area contributed by atoms with Crippen LogP contribution in [-0.4, -0.2) is 41.5 Å². The third-order valence-corrected chi connectivity index (χ3v) is 4.78. The summed E-state index contributed by atoms with van der Waals surface area (Å²) in [7, 11) is 0. The van der Waals surface area contributed by atoms with Gasteiger partial charge in [-0.2, -0.15) is 0 Å². The molecule has 5 nitrogen and oxygen atoms in total. The quantitative estimate of drug-likeness (QED) is 0.799. The van der Waals surface area contributed by atoms with E-state index in [-0.39, 0.29) is 17.8 Å². The second-order valence-corrected chi connectivity index (χ2v) is 6.64. The number of esters is 1. The van der Waals surface area contributed by atoms with Crippen molar-refractivity contribution in [2.75, 3.05) is 19.7 Å². The fraction of sp³-hybridized carbons (Fsp3) is 0.667. The van der Waals surface area contributed by atoms with Gasteiger partial charge < -0.3 is 9.64 Å². The minimum atomic E-state index is -0.181. The monoisotopic (exact) mass is 310 g/mol. The number of aromatic nitrogens is 1. The van der Waals surface area contributed by atoms with Gasteiger partial charge in [-0.1, -0.05) is 0 Å². The first-order valence-corrected chi connectivity index (χ1v) is 8.20. The van der Waals surface area contributed by atoms with Crippen LogP contribution in [0.2, 0.25) is 0 Å². The number of hydrogen-bond donors (Lipinski definition) is 0. The Bertz CT molecular complexity index is 527. The first kappa shape index (κ1) is 15.9. The Balaban J connectivity index is 1.96. The van der Waals surface area contributed by atoms with Crippen molar-refractivity contribution in [1.29, 1.82) is 0 Å². The lowest BCUT2D eigenvalue weighted by Crippen LogP contribution is -2.43. The first-order valence-electron chi connectivity index (χ1n) is 7.38. The number of amides is 1. The van der Waals surface area contributed by atoms with Crippen LogP contribution in [0.1, 0.15) is 35.3 Å². The van der Waals surface area contributed by atoms with E-state index in [1.54, 1.807) is 23.2 Å². The van der Waals surface area contributed by atoms with Gasteiger partial charge in [0, 0.05) is 18.0 Å². The molecular formula is C15H22N2O3S. The number of aryl methyl sites for hydroxylation is 2. The van der Waals surface area contributed by atoms with E-state index < -0.39 is 0 Å². The molecular weight excluding hydrogens is 288 g/mol. The van der Waals surface area contributed by atoms with Gasteiger partial charge in [-0.25, -0.2) is 4.98 Å². The molecule has 1 aliphatic heterocycles. The number of ether oxygens (including phenoxy) is 1. The van der Waals surface area contributed by atoms with Crippen molar-refractivity contribution >= 4 is 23.2 Å². The Labute approximate surface area is 129 Å². The van der Waals surface area contributed by atoms with Gasteiger partial charge in [0.15, 0.2) is 0 Å². The van der Waals surface area contributed by atoms with Crippen molar-refractivity contribution in [2.45, 2.75) is 40.0 Å². The number of likely N-dealkylation sites (tertiary alicyclic amines) is 1. The standard InChI is InChI=1S/C15H22N2O3S/c1-4-20-15(19)12-6-5-7-17(9-12)14(18)8-13-10(2)16-11(3)21-13/h12H,4-9H2,1-3H3. The lowest BCUT2D eigenvalue weighted by atomic mass is 9.98. The molecule has 0 bridgehead atoms. The van der Waals surface area contributed by atoms with E-state index in [1.165, 1.54) is 0 Å². The molecule has 21 heavy (non-hydrogen) atoms. The zero-order valence-corrected chi connectivity index (χ0v) is 13.7. The lowest BCUT2D eigenvalue weighted by molar-refractivity contribution is -0.151. The third-order valence-electron chi connectivity index (χ3n) is 3.71. The van der Waals surface area contributed by atoms with E-state index >= 15 is 0 Å². The minimum absolute atomic E-state index is 0.0794. The molecule has 0 radical (unpaired) electrons. The zero-order chi connectivity index (χ0) is 15.4. The van der Waals surface area contributed by atoms with Gasteiger partial charge in [-0.3, -0.25) is 9.59 Å². The SMILES string of the molecule is CCOC(=O)C1CCCN(C(=O)Cc2sc(C)nc2C)C1. The van der Waals surface area contributed by atoms with Crippen LogP contribution in [0.5, 0.6) is 0 Å². The molecule has 0 N–H and O–H groups in total. The molecule has 1 aromatic heterocycles. The molecule has 0 aromatic carbocycles. The molecule has 116 valence electrons. The van der Waals surface area contributed by atoms with Gasteiger partial charge in [-0.15, -0.1) is 11.3 Å². The van der Waals surface area contributed by atoms with Crippen molar-refractivity contribution in [3.05, 3.63) is 15.6 Å². The number of rotatable bonds is 4. The molecule has 1 atom stereocenters. The van der Waals surface area contributed by atoms with Crippen LogP contribution in [0.15, 0.2) is 0 Å². The van der Waals surface area contributed by atoms with E-state index in [1.807, 2.05) is 13.8 Å². The molecule has 1 unspecified atom stereocenters. The molecule has 1 aromatic rings. The number of carbonyl (C=O) groups excluding carboxylic acids is 2. The number of thiazole rings is 1. The first-order chi connectivity index (χ1) is 10.0. The number of piperidine rings is 1.